The van der Waals surface area contributed by atoms with E-state index in [1.54, 1.807) is 10.9 Å². The van der Waals surface area contributed by atoms with Gasteiger partial charge in [-0.3, -0.25) is 9.48 Å². The quantitative estimate of drug-likeness (QED) is 0.885. The van der Waals surface area contributed by atoms with Crippen LogP contribution in [0.2, 0.25) is 0 Å². The Morgan fingerprint density at radius 2 is 1.85 bits per heavy atom. The second-order valence-electron chi connectivity index (χ2n) is 8.47. The van der Waals surface area contributed by atoms with Crippen molar-refractivity contribution in [2.75, 3.05) is 19.6 Å². The molecule has 0 atom stereocenters. The molecule has 1 amide bonds. The van der Waals surface area contributed by atoms with Crippen LogP contribution in [-0.2, 0) is 12.5 Å². The lowest BCUT2D eigenvalue weighted by molar-refractivity contribution is 0.0907. The van der Waals surface area contributed by atoms with Crippen LogP contribution in [0.25, 0.3) is 0 Å². The van der Waals surface area contributed by atoms with Gasteiger partial charge in [0, 0.05) is 44.3 Å². The van der Waals surface area contributed by atoms with Crippen molar-refractivity contribution in [2.24, 2.45) is 7.05 Å². The van der Waals surface area contributed by atoms with Gasteiger partial charge >= 0.3 is 0 Å². The summed E-state index contributed by atoms with van der Waals surface area (Å²) in [4.78, 5) is 15.1. The zero-order valence-electron chi connectivity index (χ0n) is 16.7. The fourth-order valence-electron chi connectivity index (χ4n) is 4.35. The standard InChI is InChI=1S/C22H30N4O/c1-16-4-6-18(7-5-16)22(10-11-22)15-26-12-8-19(9-13-26)23-21(27)20-14-25(3)24-17(20)2/h4-7,14,19H,8-13,15H2,1-3H3,(H,23,27). The normalized spacial score (nSPS) is 19.8. The molecule has 1 saturated heterocycles. The summed E-state index contributed by atoms with van der Waals surface area (Å²) in [6.07, 6.45) is 6.45. The third kappa shape index (κ3) is 3.93. The maximum absolute atomic E-state index is 12.5. The Bertz CT molecular complexity index is 811. The average Bonchev–Trinajstić information content (AvgIpc) is 3.34. The molecule has 1 N–H and O–H groups in total. The van der Waals surface area contributed by atoms with Crippen LogP contribution in [0.15, 0.2) is 30.5 Å². The number of likely N-dealkylation sites (tertiary alicyclic amines) is 1. The van der Waals surface area contributed by atoms with Crippen LogP contribution in [0.3, 0.4) is 0 Å². The summed E-state index contributed by atoms with van der Waals surface area (Å²) in [5, 5.41) is 7.47. The Hall–Kier alpha value is -2.14. The molecule has 0 unspecified atom stereocenters. The number of nitrogens with one attached hydrogen (secondary N) is 1. The van der Waals surface area contributed by atoms with Gasteiger partial charge in [-0.2, -0.15) is 5.10 Å². The Kier molecular flexibility index (Phi) is 4.81. The van der Waals surface area contributed by atoms with Gasteiger partial charge in [-0.15, -0.1) is 0 Å². The highest BCUT2D eigenvalue weighted by Gasteiger charge is 2.45. The number of rotatable bonds is 5. The van der Waals surface area contributed by atoms with Crippen LogP contribution in [0.1, 0.15) is 52.9 Å². The first-order valence-electron chi connectivity index (χ1n) is 10.1. The Morgan fingerprint density at radius 3 is 2.41 bits per heavy atom. The van der Waals surface area contributed by atoms with Crippen LogP contribution >= 0.6 is 0 Å². The molecule has 1 aromatic heterocycles. The zero-order valence-corrected chi connectivity index (χ0v) is 16.7. The third-order valence-electron chi connectivity index (χ3n) is 6.22. The molecule has 1 aliphatic heterocycles. The molecule has 2 fully saturated rings. The smallest absolute Gasteiger partial charge is 0.254 e. The van der Waals surface area contributed by atoms with Crippen molar-refractivity contribution in [2.45, 2.75) is 51.0 Å². The molecule has 0 bridgehead atoms. The summed E-state index contributed by atoms with van der Waals surface area (Å²) in [5.41, 5.74) is 4.68. The second-order valence-corrected chi connectivity index (χ2v) is 8.47. The lowest BCUT2D eigenvalue weighted by Gasteiger charge is -2.35. The van der Waals surface area contributed by atoms with Gasteiger partial charge in [0.15, 0.2) is 0 Å². The number of hydrogen-bond donors (Lipinski definition) is 1. The summed E-state index contributed by atoms with van der Waals surface area (Å²) in [5.74, 6) is 0.0115. The van der Waals surface area contributed by atoms with Gasteiger partial charge in [0.05, 0.1) is 11.3 Å². The number of carbonyl (C=O) groups is 1. The highest BCUT2D eigenvalue weighted by atomic mass is 16.1. The highest BCUT2D eigenvalue weighted by Crippen LogP contribution is 2.49. The van der Waals surface area contributed by atoms with E-state index in [2.05, 4.69) is 46.5 Å². The highest BCUT2D eigenvalue weighted by molar-refractivity contribution is 5.95. The largest absolute Gasteiger partial charge is 0.349 e. The minimum atomic E-state index is 0.0115. The van der Waals surface area contributed by atoms with Gasteiger partial charge in [-0.25, -0.2) is 0 Å². The van der Waals surface area contributed by atoms with Crippen molar-refractivity contribution in [1.82, 2.24) is 20.0 Å². The van der Waals surface area contributed by atoms with E-state index in [9.17, 15) is 4.79 Å². The topological polar surface area (TPSA) is 50.2 Å². The number of aromatic nitrogens is 2. The summed E-state index contributed by atoms with van der Waals surface area (Å²) >= 11 is 0. The van der Waals surface area contributed by atoms with E-state index in [1.807, 2.05) is 14.0 Å². The molecule has 144 valence electrons. The number of aryl methyl sites for hydroxylation is 3. The monoisotopic (exact) mass is 366 g/mol. The Labute approximate surface area is 161 Å². The molecule has 27 heavy (non-hydrogen) atoms. The van der Waals surface area contributed by atoms with Crippen LogP contribution < -0.4 is 5.32 Å². The summed E-state index contributed by atoms with van der Waals surface area (Å²) in [6.45, 7) is 7.31. The van der Waals surface area contributed by atoms with Gasteiger partial charge < -0.3 is 10.2 Å². The third-order valence-corrected chi connectivity index (χ3v) is 6.22. The Morgan fingerprint density at radius 1 is 1.19 bits per heavy atom. The predicted octanol–water partition coefficient (Wildman–Crippen LogP) is 2.96. The van der Waals surface area contributed by atoms with Crippen LogP contribution in [-0.4, -0.2) is 46.3 Å². The van der Waals surface area contributed by atoms with E-state index >= 15 is 0 Å². The van der Waals surface area contributed by atoms with Gasteiger partial charge in [-0.1, -0.05) is 29.8 Å². The fraction of sp³-hybridized carbons (Fsp3) is 0.545. The number of piperidine rings is 1. The first-order chi connectivity index (χ1) is 12.9. The first-order valence-corrected chi connectivity index (χ1v) is 10.1. The van der Waals surface area contributed by atoms with Gasteiger partial charge in [0.2, 0.25) is 0 Å². The zero-order chi connectivity index (χ0) is 19.0. The molecule has 5 nitrogen and oxygen atoms in total. The van der Waals surface area contributed by atoms with E-state index in [-0.39, 0.29) is 11.9 Å². The number of hydrogen-bond acceptors (Lipinski definition) is 3. The maximum atomic E-state index is 12.5. The fourth-order valence-corrected chi connectivity index (χ4v) is 4.35. The first kappa shape index (κ1) is 18.2. The van der Waals surface area contributed by atoms with Crippen LogP contribution in [0, 0.1) is 13.8 Å². The molecule has 2 aromatic rings. The average molecular weight is 367 g/mol. The van der Waals surface area contributed by atoms with Gasteiger partial charge in [-0.05, 0) is 45.1 Å². The summed E-state index contributed by atoms with van der Waals surface area (Å²) < 4.78 is 1.70. The van der Waals surface area contributed by atoms with Crippen LogP contribution in [0.5, 0.6) is 0 Å². The molecule has 2 aliphatic rings. The van der Waals surface area contributed by atoms with Crippen molar-refractivity contribution in [3.63, 3.8) is 0 Å². The molecule has 0 spiro atoms. The van der Waals surface area contributed by atoms with Gasteiger partial charge in [0.1, 0.15) is 0 Å². The number of benzene rings is 1. The number of nitrogens with zero attached hydrogens (tertiary/aromatic N) is 3. The molecule has 1 aromatic carbocycles. The molecule has 4 rings (SSSR count). The van der Waals surface area contributed by atoms with Crippen molar-refractivity contribution >= 4 is 5.91 Å². The Balaban J connectivity index is 1.30. The molecule has 5 heteroatoms. The van der Waals surface area contributed by atoms with E-state index in [0.717, 1.165) is 38.2 Å². The molecule has 1 aliphatic carbocycles. The molecule has 2 heterocycles. The van der Waals surface area contributed by atoms with Crippen LogP contribution in [0.4, 0.5) is 0 Å². The molecule has 0 radical (unpaired) electrons. The predicted molar refractivity (Wildman–Crippen MR) is 107 cm³/mol. The van der Waals surface area contributed by atoms with Gasteiger partial charge in [0.25, 0.3) is 5.91 Å². The van der Waals surface area contributed by atoms with E-state index in [0.29, 0.717) is 11.0 Å². The minimum absolute atomic E-state index is 0.0115. The molecule has 1 saturated carbocycles. The lowest BCUT2D eigenvalue weighted by atomic mass is 9.93. The maximum Gasteiger partial charge on any atom is 0.254 e. The molecular weight excluding hydrogens is 336 g/mol. The minimum Gasteiger partial charge on any atom is -0.349 e. The second kappa shape index (κ2) is 7.12. The number of amides is 1. The lowest BCUT2D eigenvalue weighted by Crippen LogP contribution is -2.46. The van der Waals surface area contributed by atoms with Crippen molar-refractivity contribution in [3.8, 4) is 0 Å². The van der Waals surface area contributed by atoms with Crippen molar-refractivity contribution in [3.05, 3.63) is 52.8 Å². The molecular formula is C22H30N4O. The van der Waals surface area contributed by atoms with E-state index in [1.165, 1.54) is 24.0 Å². The SMILES string of the molecule is Cc1ccc(C2(CN3CCC(NC(=O)c4cn(C)nc4C)CC3)CC2)cc1. The summed E-state index contributed by atoms with van der Waals surface area (Å²) in [6, 6.07) is 9.36. The number of carbonyl (C=O) groups excluding carboxylic acids is 1. The summed E-state index contributed by atoms with van der Waals surface area (Å²) in [7, 11) is 1.85. The van der Waals surface area contributed by atoms with Crippen molar-refractivity contribution in [1.29, 1.82) is 0 Å². The van der Waals surface area contributed by atoms with E-state index in [4.69, 9.17) is 0 Å². The van der Waals surface area contributed by atoms with Crippen molar-refractivity contribution < 1.29 is 4.79 Å². The van der Waals surface area contributed by atoms with E-state index < -0.39 is 0 Å².